The quantitative estimate of drug-likeness (QED) is 0.202. The first-order valence-electron chi connectivity index (χ1n) is 11.1. The van der Waals surface area contributed by atoms with Gasteiger partial charge in [0.1, 0.15) is 18.1 Å². The molecule has 188 valence electrons. The maximum atomic E-state index is 13.2. The van der Waals surface area contributed by atoms with Gasteiger partial charge in [0.15, 0.2) is 0 Å². The van der Waals surface area contributed by atoms with E-state index < -0.39 is 60.2 Å². The molecular weight excluding hydrogens is 446 g/mol. The van der Waals surface area contributed by atoms with Crippen molar-refractivity contribution in [3.05, 3.63) is 18.2 Å². The molecule has 0 bridgehead atoms. The van der Waals surface area contributed by atoms with Crippen LogP contribution in [-0.2, 0) is 30.4 Å². The molecule has 0 aliphatic carbocycles. The highest BCUT2D eigenvalue weighted by atomic mass is 16.4. The van der Waals surface area contributed by atoms with E-state index in [2.05, 4.69) is 20.6 Å². The minimum atomic E-state index is -1.35. The van der Waals surface area contributed by atoms with Gasteiger partial charge in [0.2, 0.25) is 23.6 Å². The third-order valence-electron chi connectivity index (χ3n) is 5.51. The van der Waals surface area contributed by atoms with Crippen molar-refractivity contribution in [3.63, 3.8) is 0 Å². The molecule has 13 heteroatoms. The van der Waals surface area contributed by atoms with E-state index in [1.807, 2.05) is 13.8 Å². The summed E-state index contributed by atoms with van der Waals surface area (Å²) in [5, 5.41) is 14.4. The fourth-order valence-corrected chi connectivity index (χ4v) is 3.88. The average Bonchev–Trinajstić information content (AvgIpc) is 3.43. The summed E-state index contributed by atoms with van der Waals surface area (Å²) in [5.41, 5.74) is 11.7. The summed E-state index contributed by atoms with van der Waals surface area (Å²) >= 11 is 0. The highest BCUT2D eigenvalue weighted by Gasteiger charge is 2.38. The zero-order valence-corrected chi connectivity index (χ0v) is 19.3. The molecule has 4 atom stereocenters. The number of carboxylic acids is 1. The summed E-state index contributed by atoms with van der Waals surface area (Å²) in [6, 6.07) is -4.41. The van der Waals surface area contributed by atoms with Crippen LogP contribution in [0.5, 0.6) is 0 Å². The van der Waals surface area contributed by atoms with Crippen LogP contribution in [0.3, 0.4) is 0 Å². The average molecular weight is 480 g/mol. The fraction of sp³-hybridized carbons (Fsp3) is 0.619. The van der Waals surface area contributed by atoms with E-state index in [4.69, 9.17) is 11.5 Å². The lowest BCUT2D eigenvalue weighted by Gasteiger charge is -2.28. The van der Waals surface area contributed by atoms with Gasteiger partial charge >= 0.3 is 5.97 Å². The number of amides is 4. The molecule has 2 heterocycles. The lowest BCUT2D eigenvalue weighted by Crippen LogP contribution is -2.58. The van der Waals surface area contributed by atoms with E-state index >= 15 is 0 Å². The van der Waals surface area contributed by atoms with Crippen molar-refractivity contribution in [2.45, 2.75) is 70.1 Å². The smallest absolute Gasteiger partial charge is 0.326 e. The van der Waals surface area contributed by atoms with Crippen LogP contribution in [0.1, 0.15) is 45.2 Å². The number of hydrogen-bond donors (Lipinski definition) is 6. The van der Waals surface area contributed by atoms with Gasteiger partial charge in [-0.3, -0.25) is 19.2 Å². The van der Waals surface area contributed by atoms with Crippen molar-refractivity contribution < 1.29 is 29.1 Å². The Morgan fingerprint density at radius 1 is 1.21 bits per heavy atom. The van der Waals surface area contributed by atoms with Crippen LogP contribution < -0.4 is 22.1 Å². The SMILES string of the molecule is CC(C)CC(N)C(=O)NC(CC(N)=O)C(=O)NC(Cc1cnc[nH]1)C(=O)N1CCCC1C(=O)O. The second-order valence-electron chi connectivity index (χ2n) is 8.84. The summed E-state index contributed by atoms with van der Waals surface area (Å²) in [7, 11) is 0. The molecule has 4 amide bonds. The van der Waals surface area contributed by atoms with Gasteiger partial charge in [0.05, 0.1) is 18.8 Å². The van der Waals surface area contributed by atoms with Gasteiger partial charge in [-0.1, -0.05) is 13.8 Å². The number of primary amides is 1. The minimum Gasteiger partial charge on any atom is -0.480 e. The Kier molecular flexibility index (Phi) is 9.54. The van der Waals surface area contributed by atoms with E-state index in [1.54, 1.807) is 0 Å². The number of aromatic amines is 1. The van der Waals surface area contributed by atoms with Gasteiger partial charge in [-0.05, 0) is 25.2 Å². The lowest BCUT2D eigenvalue weighted by molar-refractivity contribution is -0.149. The zero-order chi connectivity index (χ0) is 25.4. The van der Waals surface area contributed by atoms with Crippen molar-refractivity contribution in [2.24, 2.45) is 17.4 Å². The van der Waals surface area contributed by atoms with Crippen molar-refractivity contribution in [1.29, 1.82) is 0 Å². The number of nitrogens with two attached hydrogens (primary N) is 2. The molecule has 0 aromatic carbocycles. The van der Waals surface area contributed by atoms with E-state index in [-0.39, 0.29) is 18.9 Å². The highest BCUT2D eigenvalue weighted by Crippen LogP contribution is 2.19. The monoisotopic (exact) mass is 479 g/mol. The van der Waals surface area contributed by atoms with E-state index in [0.717, 1.165) is 0 Å². The maximum absolute atomic E-state index is 13.2. The van der Waals surface area contributed by atoms with E-state index in [0.29, 0.717) is 25.0 Å². The number of nitrogens with zero attached hydrogens (tertiary/aromatic N) is 2. The largest absolute Gasteiger partial charge is 0.480 e. The van der Waals surface area contributed by atoms with Crippen LogP contribution in [0.4, 0.5) is 0 Å². The number of hydrogen-bond acceptors (Lipinski definition) is 7. The van der Waals surface area contributed by atoms with Crippen molar-refractivity contribution >= 4 is 29.6 Å². The summed E-state index contributed by atoms with van der Waals surface area (Å²) in [6.07, 6.45) is 3.56. The number of nitrogens with one attached hydrogen (secondary N) is 3. The van der Waals surface area contributed by atoms with Crippen LogP contribution in [0.2, 0.25) is 0 Å². The Bertz CT molecular complexity index is 888. The molecule has 1 saturated heterocycles. The van der Waals surface area contributed by atoms with Gasteiger partial charge in [0, 0.05) is 24.9 Å². The summed E-state index contributed by atoms with van der Waals surface area (Å²) < 4.78 is 0. The Morgan fingerprint density at radius 2 is 1.88 bits per heavy atom. The predicted molar refractivity (Wildman–Crippen MR) is 120 cm³/mol. The first-order valence-corrected chi connectivity index (χ1v) is 11.1. The lowest BCUT2D eigenvalue weighted by atomic mass is 10.0. The first-order chi connectivity index (χ1) is 16.0. The number of likely N-dealkylation sites (tertiary alicyclic amines) is 1. The van der Waals surface area contributed by atoms with Crippen molar-refractivity contribution in [3.8, 4) is 0 Å². The molecule has 1 aromatic rings. The van der Waals surface area contributed by atoms with Crippen molar-refractivity contribution in [2.75, 3.05) is 6.54 Å². The zero-order valence-electron chi connectivity index (χ0n) is 19.3. The molecule has 0 spiro atoms. The summed E-state index contributed by atoms with van der Waals surface area (Å²) in [5.74, 6) is -3.86. The van der Waals surface area contributed by atoms with Gasteiger partial charge in [-0.2, -0.15) is 0 Å². The van der Waals surface area contributed by atoms with E-state index in [9.17, 15) is 29.1 Å². The molecule has 1 fully saturated rings. The fourth-order valence-electron chi connectivity index (χ4n) is 3.88. The summed E-state index contributed by atoms with van der Waals surface area (Å²) in [4.78, 5) is 69.8. The number of rotatable bonds is 12. The minimum absolute atomic E-state index is 0.00247. The molecule has 1 aliphatic heterocycles. The van der Waals surface area contributed by atoms with Gasteiger partial charge in [-0.15, -0.1) is 0 Å². The van der Waals surface area contributed by atoms with E-state index in [1.165, 1.54) is 17.4 Å². The molecule has 8 N–H and O–H groups in total. The van der Waals surface area contributed by atoms with Gasteiger partial charge < -0.3 is 37.1 Å². The number of aliphatic carboxylic acids is 1. The second kappa shape index (κ2) is 12.1. The number of H-pyrrole nitrogens is 1. The van der Waals surface area contributed by atoms with Crippen LogP contribution in [0.25, 0.3) is 0 Å². The van der Waals surface area contributed by atoms with Crippen LogP contribution in [0, 0.1) is 5.92 Å². The van der Waals surface area contributed by atoms with Gasteiger partial charge in [-0.25, -0.2) is 9.78 Å². The van der Waals surface area contributed by atoms with Gasteiger partial charge in [0.25, 0.3) is 0 Å². The maximum Gasteiger partial charge on any atom is 0.326 e. The standard InChI is InChI=1S/C21H33N7O6/c1-11(2)6-13(22)18(30)26-14(8-17(23)29)19(31)27-15(7-12-9-24-10-25-12)20(32)28-5-3-4-16(28)21(33)34/h9-11,13-16H,3-8,22H2,1-2H3,(H2,23,29)(H,24,25)(H,26,30)(H,27,31)(H,33,34). The highest BCUT2D eigenvalue weighted by molar-refractivity contribution is 5.96. The number of carbonyl (C=O) groups is 5. The second-order valence-corrected chi connectivity index (χ2v) is 8.84. The molecule has 2 rings (SSSR count). The Labute approximate surface area is 197 Å². The molecule has 0 radical (unpaired) electrons. The third-order valence-corrected chi connectivity index (χ3v) is 5.51. The first kappa shape index (κ1) is 26.8. The molecular formula is C21H33N7O6. The Morgan fingerprint density at radius 3 is 2.44 bits per heavy atom. The molecule has 1 aromatic heterocycles. The number of imidazole rings is 1. The molecule has 4 unspecified atom stereocenters. The van der Waals surface area contributed by atoms with Crippen LogP contribution in [0.15, 0.2) is 12.5 Å². The predicted octanol–water partition coefficient (Wildman–Crippen LogP) is -1.75. The number of carboxylic acid groups (broad SMARTS) is 1. The topological polar surface area (TPSA) is 214 Å². The van der Waals surface area contributed by atoms with Crippen LogP contribution in [-0.4, -0.2) is 80.3 Å². The number of carbonyl (C=O) groups excluding carboxylic acids is 4. The van der Waals surface area contributed by atoms with Crippen molar-refractivity contribution in [1.82, 2.24) is 25.5 Å². The molecule has 34 heavy (non-hydrogen) atoms. The summed E-state index contributed by atoms with van der Waals surface area (Å²) in [6.45, 7) is 4.00. The third kappa shape index (κ3) is 7.54. The Balaban J connectivity index is 2.21. The normalized spacial score (nSPS) is 18.2. The molecule has 1 aliphatic rings. The molecule has 0 saturated carbocycles. The van der Waals surface area contributed by atoms with Crippen LogP contribution >= 0.6 is 0 Å². The molecule has 13 nitrogen and oxygen atoms in total. The Hall–Kier alpha value is -3.48. The number of aromatic nitrogens is 2.